The zero-order valence-corrected chi connectivity index (χ0v) is 13.4. The molecule has 7 heteroatoms. The third kappa shape index (κ3) is 3.98. The van der Waals surface area contributed by atoms with Crippen molar-refractivity contribution in [3.8, 4) is 0 Å². The van der Waals surface area contributed by atoms with Crippen molar-refractivity contribution in [2.45, 2.75) is 38.8 Å². The molecule has 0 aromatic heterocycles. The van der Waals surface area contributed by atoms with E-state index in [9.17, 15) is 19.5 Å². The Morgan fingerprint density at radius 2 is 1.82 bits per heavy atom. The highest BCUT2D eigenvalue weighted by Crippen LogP contribution is 2.27. The number of amides is 2. The molecule has 1 aromatic carbocycles. The molecule has 1 aromatic rings. The zero-order chi connectivity index (χ0) is 16.9. The highest BCUT2D eigenvalue weighted by Gasteiger charge is 2.41. The molecule has 0 heterocycles. The SMILES string of the molecule is CCC(NC(=O)C(C)NC(C)=O)(C(=O)O)c1ccc(Cl)cc1. The molecule has 0 fully saturated rings. The molecule has 22 heavy (non-hydrogen) atoms. The van der Waals surface area contributed by atoms with Gasteiger partial charge in [0.2, 0.25) is 11.8 Å². The average molecular weight is 327 g/mol. The topological polar surface area (TPSA) is 95.5 Å². The van der Waals surface area contributed by atoms with E-state index >= 15 is 0 Å². The molecule has 3 N–H and O–H groups in total. The maximum Gasteiger partial charge on any atom is 0.334 e. The van der Waals surface area contributed by atoms with Crippen molar-refractivity contribution in [3.05, 3.63) is 34.9 Å². The molecule has 0 saturated heterocycles. The Bertz CT molecular complexity index is 573. The molecule has 2 unspecified atom stereocenters. The number of hydrogen-bond donors (Lipinski definition) is 3. The summed E-state index contributed by atoms with van der Waals surface area (Å²) in [6, 6.07) is 5.41. The highest BCUT2D eigenvalue weighted by molar-refractivity contribution is 6.30. The number of carboxylic acid groups (broad SMARTS) is 1. The van der Waals surface area contributed by atoms with Gasteiger partial charge >= 0.3 is 5.97 Å². The molecule has 2 amide bonds. The third-order valence-corrected chi connectivity index (χ3v) is 3.63. The Morgan fingerprint density at radius 1 is 1.27 bits per heavy atom. The lowest BCUT2D eigenvalue weighted by Crippen LogP contribution is -2.56. The van der Waals surface area contributed by atoms with Gasteiger partial charge in [-0.2, -0.15) is 0 Å². The van der Waals surface area contributed by atoms with Gasteiger partial charge in [-0.3, -0.25) is 9.59 Å². The van der Waals surface area contributed by atoms with Crippen LogP contribution in [-0.2, 0) is 19.9 Å². The van der Waals surface area contributed by atoms with Crippen LogP contribution in [0.2, 0.25) is 5.02 Å². The Balaban J connectivity index is 3.13. The zero-order valence-electron chi connectivity index (χ0n) is 12.6. The van der Waals surface area contributed by atoms with Gasteiger partial charge in [-0.05, 0) is 31.0 Å². The van der Waals surface area contributed by atoms with E-state index in [1.54, 1.807) is 31.2 Å². The molecule has 0 bridgehead atoms. The molecular weight excluding hydrogens is 308 g/mol. The van der Waals surface area contributed by atoms with E-state index < -0.39 is 23.5 Å². The van der Waals surface area contributed by atoms with E-state index in [-0.39, 0.29) is 12.3 Å². The lowest BCUT2D eigenvalue weighted by Gasteiger charge is -2.31. The minimum Gasteiger partial charge on any atom is -0.479 e. The number of halogens is 1. The summed E-state index contributed by atoms with van der Waals surface area (Å²) in [5, 5.41) is 15.0. The van der Waals surface area contributed by atoms with Crippen molar-refractivity contribution in [3.63, 3.8) is 0 Å². The van der Waals surface area contributed by atoms with Crippen LogP contribution < -0.4 is 10.6 Å². The summed E-state index contributed by atoms with van der Waals surface area (Å²) in [6.07, 6.45) is 0.141. The van der Waals surface area contributed by atoms with Crippen molar-refractivity contribution in [2.75, 3.05) is 0 Å². The molecule has 2 atom stereocenters. The molecule has 0 aliphatic carbocycles. The second-order valence-corrected chi connectivity index (χ2v) is 5.42. The second-order valence-electron chi connectivity index (χ2n) is 4.98. The summed E-state index contributed by atoms with van der Waals surface area (Å²) in [5.41, 5.74) is -1.16. The number of carbonyl (C=O) groups excluding carboxylic acids is 2. The van der Waals surface area contributed by atoms with Crippen LogP contribution in [0.15, 0.2) is 24.3 Å². The summed E-state index contributed by atoms with van der Waals surface area (Å²) >= 11 is 5.82. The lowest BCUT2D eigenvalue weighted by molar-refractivity contribution is -0.148. The highest BCUT2D eigenvalue weighted by atomic mass is 35.5. The van der Waals surface area contributed by atoms with Crippen molar-refractivity contribution in [1.82, 2.24) is 10.6 Å². The molecule has 1 rings (SSSR count). The second kappa shape index (κ2) is 7.26. The Hall–Kier alpha value is -2.08. The summed E-state index contributed by atoms with van der Waals surface area (Å²) < 4.78 is 0. The molecule has 0 saturated carbocycles. The first kappa shape index (κ1) is 18.0. The molecule has 0 aliphatic heterocycles. The average Bonchev–Trinajstić information content (AvgIpc) is 2.44. The maximum absolute atomic E-state index is 12.2. The first-order valence-corrected chi connectivity index (χ1v) is 7.19. The number of hydrogen-bond acceptors (Lipinski definition) is 3. The van der Waals surface area contributed by atoms with E-state index in [1.807, 2.05) is 0 Å². The van der Waals surface area contributed by atoms with Gasteiger partial charge < -0.3 is 15.7 Å². The largest absolute Gasteiger partial charge is 0.479 e. The monoisotopic (exact) mass is 326 g/mol. The number of carboxylic acids is 1. The normalized spacial score (nSPS) is 14.5. The van der Waals surface area contributed by atoms with Crippen LogP contribution in [0.4, 0.5) is 0 Å². The van der Waals surface area contributed by atoms with Crippen LogP contribution in [0, 0.1) is 0 Å². The quantitative estimate of drug-likeness (QED) is 0.741. The van der Waals surface area contributed by atoms with E-state index in [0.29, 0.717) is 10.6 Å². The molecule has 6 nitrogen and oxygen atoms in total. The van der Waals surface area contributed by atoms with Crippen molar-refractivity contribution < 1.29 is 19.5 Å². The van der Waals surface area contributed by atoms with Crippen LogP contribution in [-0.4, -0.2) is 28.9 Å². The smallest absolute Gasteiger partial charge is 0.334 e. The number of carbonyl (C=O) groups is 3. The number of benzene rings is 1. The molecular formula is C15H19ClN2O4. The standard InChI is InChI=1S/C15H19ClN2O4/c1-4-15(14(21)22,11-5-7-12(16)8-6-11)18-13(20)9(2)17-10(3)19/h5-9H,4H2,1-3H3,(H,17,19)(H,18,20)(H,21,22). The lowest BCUT2D eigenvalue weighted by atomic mass is 9.87. The van der Waals surface area contributed by atoms with Gasteiger partial charge in [0.15, 0.2) is 5.54 Å². The van der Waals surface area contributed by atoms with E-state index in [0.717, 1.165) is 0 Å². The molecule has 120 valence electrons. The number of aliphatic carboxylic acids is 1. The first-order valence-electron chi connectivity index (χ1n) is 6.81. The maximum atomic E-state index is 12.2. The Kier molecular flexibility index (Phi) is 5.93. The summed E-state index contributed by atoms with van der Waals surface area (Å²) in [4.78, 5) is 35.0. The summed E-state index contributed by atoms with van der Waals surface area (Å²) in [6.45, 7) is 4.43. The van der Waals surface area contributed by atoms with Gasteiger partial charge in [-0.15, -0.1) is 0 Å². The van der Waals surface area contributed by atoms with Gasteiger partial charge in [-0.1, -0.05) is 30.7 Å². The Morgan fingerprint density at radius 3 is 2.23 bits per heavy atom. The van der Waals surface area contributed by atoms with Gasteiger partial charge in [-0.25, -0.2) is 4.79 Å². The summed E-state index contributed by atoms with van der Waals surface area (Å²) in [5.74, 6) is -2.12. The third-order valence-electron chi connectivity index (χ3n) is 3.38. The predicted octanol–water partition coefficient (Wildman–Crippen LogP) is 1.67. The van der Waals surface area contributed by atoms with Gasteiger partial charge in [0.1, 0.15) is 6.04 Å². The van der Waals surface area contributed by atoms with Crippen LogP contribution >= 0.6 is 11.6 Å². The fourth-order valence-electron chi connectivity index (χ4n) is 2.12. The minimum absolute atomic E-state index is 0.141. The van der Waals surface area contributed by atoms with Crippen LogP contribution in [0.3, 0.4) is 0 Å². The predicted molar refractivity (Wildman–Crippen MR) is 82.5 cm³/mol. The van der Waals surface area contributed by atoms with E-state index in [2.05, 4.69) is 10.6 Å². The van der Waals surface area contributed by atoms with Crippen molar-refractivity contribution in [2.24, 2.45) is 0 Å². The fourth-order valence-corrected chi connectivity index (χ4v) is 2.24. The molecule has 0 radical (unpaired) electrons. The minimum atomic E-state index is -1.57. The summed E-state index contributed by atoms with van der Waals surface area (Å²) in [7, 11) is 0. The van der Waals surface area contributed by atoms with Crippen LogP contribution in [0.5, 0.6) is 0 Å². The van der Waals surface area contributed by atoms with Crippen LogP contribution in [0.25, 0.3) is 0 Å². The van der Waals surface area contributed by atoms with Gasteiger partial charge in [0.05, 0.1) is 0 Å². The first-order chi connectivity index (χ1) is 10.2. The van der Waals surface area contributed by atoms with Gasteiger partial charge in [0.25, 0.3) is 0 Å². The molecule has 0 spiro atoms. The van der Waals surface area contributed by atoms with E-state index in [1.165, 1.54) is 13.8 Å². The number of rotatable bonds is 6. The molecule has 0 aliphatic rings. The fraction of sp³-hybridized carbons (Fsp3) is 0.400. The van der Waals surface area contributed by atoms with Crippen LogP contribution in [0.1, 0.15) is 32.8 Å². The van der Waals surface area contributed by atoms with Crippen molar-refractivity contribution in [1.29, 1.82) is 0 Å². The number of nitrogens with one attached hydrogen (secondary N) is 2. The van der Waals surface area contributed by atoms with Gasteiger partial charge in [0, 0.05) is 11.9 Å². The van der Waals surface area contributed by atoms with Crippen molar-refractivity contribution >= 4 is 29.4 Å². The Labute approximate surface area is 133 Å². The van der Waals surface area contributed by atoms with E-state index in [4.69, 9.17) is 11.6 Å².